The maximum absolute atomic E-state index is 6.75. The Hall–Kier alpha value is -4.50. The third-order valence-electron chi connectivity index (χ3n) is 18.6. The molecule has 462 valence electrons. The summed E-state index contributed by atoms with van der Waals surface area (Å²) in [6, 6.07) is 59.0. The van der Waals surface area contributed by atoms with Gasteiger partial charge in [-0.3, -0.25) is 0 Å². The van der Waals surface area contributed by atoms with Gasteiger partial charge in [0.1, 0.15) is 40.8 Å². The van der Waals surface area contributed by atoms with Crippen LogP contribution in [0.1, 0.15) is 110 Å². The first-order chi connectivity index (χ1) is 42.3. The summed E-state index contributed by atoms with van der Waals surface area (Å²) in [4.78, 5) is 0. The molecular formula is C72H81Br3O12. The second kappa shape index (κ2) is 29.6. The van der Waals surface area contributed by atoms with E-state index in [0.717, 1.165) is 157 Å². The van der Waals surface area contributed by atoms with Crippen molar-refractivity contribution in [3.63, 3.8) is 0 Å². The molecule has 0 radical (unpaired) electrons. The lowest BCUT2D eigenvalue weighted by atomic mass is 9.70. The highest BCUT2D eigenvalue weighted by Crippen LogP contribution is 2.54. The van der Waals surface area contributed by atoms with Crippen molar-refractivity contribution in [2.45, 2.75) is 111 Å². The largest absolute Gasteiger partial charge is 0.359 e. The molecule has 0 atom stereocenters. The van der Waals surface area contributed by atoms with E-state index in [1.807, 2.05) is 0 Å². The average Bonchev–Trinajstić information content (AvgIpc) is 1.32. The molecule has 15 heteroatoms. The highest BCUT2D eigenvalue weighted by atomic mass is 79.9. The van der Waals surface area contributed by atoms with Crippen LogP contribution in [0.3, 0.4) is 0 Å². The minimum atomic E-state index is -0.597. The molecule has 3 fully saturated rings. The van der Waals surface area contributed by atoms with Crippen molar-refractivity contribution < 1.29 is 56.8 Å². The van der Waals surface area contributed by atoms with Gasteiger partial charge in [-0.2, -0.15) is 0 Å². The second-order valence-electron chi connectivity index (χ2n) is 23.3. The molecule has 3 aliphatic rings. The number of hydrogen-bond donors (Lipinski definition) is 0. The van der Waals surface area contributed by atoms with E-state index in [9.17, 15) is 0 Å². The van der Waals surface area contributed by atoms with Gasteiger partial charge in [0.25, 0.3) is 0 Å². The molecule has 12 nitrogen and oxygen atoms in total. The van der Waals surface area contributed by atoms with E-state index in [2.05, 4.69) is 212 Å². The van der Waals surface area contributed by atoms with Gasteiger partial charge in [-0.25, -0.2) is 0 Å². The number of methoxy groups -OCH3 is 6. The van der Waals surface area contributed by atoms with Gasteiger partial charge in [-0.1, -0.05) is 157 Å². The van der Waals surface area contributed by atoms with Gasteiger partial charge in [-0.15, -0.1) is 0 Å². The zero-order valence-corrected chi connectivity index (χ0v) is 55.6. The Bertz CT molecular complexity index is 2900. The summed E-state index contributed by atoms with van der Waals surface area (Å²) >= 11 is 10.9. The molecule has 0 unspecified atom stereocenters. The predicted molar refractivity (Wildman–Crippen MR) is 348 cm³/mol. The van der Waals surface area contributed by atoms with Crippen LogP contribution in [0.15, 0.2) is 177 Å². The van der Waals surface area contributed by atoms with E-state index in [1.165, 1.54) is 0 Å². The van der Waals surface area contributed by atoms with Crippen molar-refractivity contribution >= 4 is 47.8 Å². The summed E-state index contributed by atoms with van der Waals surface area (Å²) in [5.74, 6) is 0. The van der Waals surface area contributed by atoms with E-state index < -0.39 is 33.6 Å². The normalized spacial score (nSPS) is 24.9. The van der Waals surface area contributed by atoms with Crippen LogP contribution in [-0.2, 0) is 90.4 Å². The van der Waals surface area contributed by atoms with Gasteiger partial charge in [-0.05, 0) is 198 Å². The van der Waals surface area contributed by atoms with Crippen LogP contribution in [0.25, 0.3) is 33.4 Å². The summed E-state index contributed by atoms with van der Waals surface area (Å²) in [5.41, 5.74) is 9.79. The monoisotopic (exact) mass is 1370 g/mol. The molecule has 0 amide bonds. The first-order valence-corrected chi connectivity index (χ1v) is 32.2. The van der Waals surface area contributed by atoms with E-state index >= 15 is 0 Å². The van der Waals surface area contributed by atoms with Gasteiger partial charge < -0.3 is 56.8 Å². The molecular weight excluding hydrogens is 1300 g/mol. The van der Waals surface area contributed by atoms with Gasteiger partial charge in [0, 0.05) is 56.1 Å². The summed E-state index contributed by atoms with van der Waals surface area (Å²) in [6.07, 6.45) is 8.72. The summed E-state index contributed by atoms with van der Waals surface area (Å²) in [7, 11) is 10.0. The predicted octanol–water partition coefficient (Wildman–Crippen LogP) is 17.7. The Labute approximate surface area is 539 Å². The SMILES string of the molecule is COCOC1(c2ccc(Br)cc2)CCC(OCOC)(c2ccc(-c3cc(-c4ccc(C5(OCOC)CCC(OCOC)(c6ccc(Br)cc6)CC5)cc4)cc(-c4ccc(C5(OCOC)CCC(OCOC)(c6ccc(Br)cc6)CC5)cc4)c3)cc2)CC1. The summed E-state index contributed by atoms with van der Waals surface area (Å²) < 4.78 is 76.3. The molecule has 0 bridgehead atoms. The molecule has 87 heavy (non-hydrogen) atoms. The molecule has 0 heterocycles. The lowest BCUT2D eigenvalue weighted by Crippen LogP contribution is -2.43. The second-order valence-corrected chi connectivity index (χ2v) is 26.1. The van der Waals surface area contributed by atoms with Gasteiger partial charge in [0.05, 0.1) is 33.6 Å². The standard InChI is InChI=1S/C72H81Br3O12/c1-76-46-82-67(31-37-70(38-32-67,85-49-79-4)61-19-25-64(73)26-20-61)58-13-7-52(8-14-58)55-43-56(53-9-15-59(16-10-53)68(83-47-77-2)33-39-71(40-34-68,86-50-80-5)62-21-27-65(74)28-22-62)45-57(44-55)54-11-17-60(18-12-54)69(84-48-78-3)35-41-72(42-36-69,87-51-81-6)63-23-29-66(75)30-24-63/h7-30,43-45H,31-42,46-51H2,1-6H3. The van der Waals surface area contributed by atoms with Crippen molar-refractivity contribution in [1.82, 2.24) is 0 Å². The molecule has 0 aromatic heterocycles. The highest BCUT2D eigenvalue weighted by Gasteiger charge is 2.49. The van der Waals surface area contributed by atoms with E-state index in [4.69, 9.17) is 56.8 Å². The zero-order valence-electron chi connectivity index (χ0n) is 50.8. The Kier molecular flexibility index (Phi) is 22.3. The topological polar surface area (TPSA) is 111 Å². The molecule has 0 aliphatic heterocycles. The Morgan fingerprint density at radius 3 is 0.529 bits per heavy atom. The lowest BCUT2D eigenvalue weighted by Gasteiger charge is -2.46. The number of halogens is 3. The van der Waals surface area contributed by atoms with Crippen LogP contribution < -0.4 is 0 Å². The first-order valence-electron chi connectivity index (χ1n) is 29.9. The van der Waals surface area contributed by atoms with E-state index in [-0.39, 0.29) is 40.8 Å². The number of ether oxygens (including phenoxy) is 12. The summed E-state index contributed by atoms with van der Waals surface area (Å²) in [6.45, 7) is 1.08. The van der Waals surface area contributed by atoms with Crippen molar-refractivity contribution in [2.75, 3.05) is 83.4 Å². The van der Waals surface area contributed by atoms with Crippen LogP contribution in [0.4, 0.5) is 0 Å². The summed E-state index contributed by atoms with van der Waals surface area (Å²) in [5, 5.41) is 0. The average molecular weight is 1380 g/mol. The number of hydrogen-bond acceptors (Lipinski definition) is 12. The number of benzene rings is 7. The third kappa shape index (κ3) is 14.7. The van der Waals surface area contributed by atoms with E-state index in [1.54, 1.807) is 42.7 Å². The van der Waals surface area contributed by atoms with Crippen molar-refractivity contribution in [1.29, 1.82) is 0 Å². The molecule has 0 N–H and O–H groups in total. The minimum Gasteiger partial charge on any atom is -0.359 e. The quantitative estimate of drug-likeness (QED) is 0.0457. The molecule has 3 saturated carbocycles. The smallest absolute Gasteiger partial charge is 0.147 e. The Morgan fingerprint density at radius 1 is 0.230 bits per heavy atom. The molecule has 3 aliphatic carbocycles. The fourth-order valence-electron chi connectivity index (χ4n) is 13.6. The maximum Gasteiger partial charge on any atom is 0.147 e. The maximum atomic E-state index is 6.75. The molecule has 0 saturated heterocycles. The van der Waals surface area contributed by atoms with Crippen molar-refractivity contribution in [3.8, 4) is 33.4 Å². The zero-order chi connectivity index (χ0) is 61.0. The molecule has 7 aromatic carbocycles. The Balaban J connectivity index is 0.991. The molecule has 0 spiro atoms. The van der Waals surface area contributed by atoms with E-state index in [0.29, 0.717) is 0 Å². The fourth-order valence-corrected chi connectivity index (χ4v) is 14.4. The fraction of sp³-hybridized carbons (Fsp3) is 0.417. The highest BCUT2D eigenvalue weighted by molar-refractivity contribution is 9.11. The third-order valence-corrected chi connectivity index (χ3v) is 20.2. The lowest BCUT2D eigenvalue weighted by molar-refractivity contribution is -0.203. The van der Waals surface area contributed by atoms with Crippen LogP contribution in [0, 0.1) is 0 Å². The van der Waals surface area contributed by atoms with Crippen LogP contribution in [0.5, 0.6) is 0 Å². The molecule has 10 rings (SSSR count). The van der Waals surface area contributed by atoms with Crippen molar-refractivity contribution in [2.24, 2.45) is 0 Å². The van der Waals surface area contributed by atoms with Crippen LogP contribution in [0.2, 0.25) is 0 Å². The van der Waals surface area contributed by atoms with Gasteiger partial charge in [0.2, 0.25) is 0 Å². The molecule has 7 aromatic rings. The first kappa shape index (κ1) is 65.5. The van der Waals surface area contributed by atoms with Crippen LogP contribution >= 0.6 is 47.8 Å². The van der Waals surface area contributed by atoms with Crippen molar-refractivity contribution in [3.05, 3.63) is 211 Å². The van der Waals surface area contributed by atoms with Crippen LogP contribution in [-0.4, -0.2) is 83.4 Å². The minimum absolute atomic E-state index is 0.166. The number of rotatable bonds is 27. The Morgan fingerprint density at radius 2 is 0.379 bits per heavy atom. The van der Waals surface area contributed by atoms with Gasteiger partial charge in [0.15, 0.2) is 0 Å². The van der Waals surface area contributed by atoms with Gasteiger partial charge >= 0.3 is 0 Å².